The molecule has 1 saturated carbocycles. The maximum Gasteiger partial charge on any atom is 0.233 e. The van der Waals surface area contributed by atoms with Gasteiger partial charge in [-0.3, -0.25) is 9.78 Å². The maximum absolute atomic E-state index is 13.4. The van der Waals surface area contributed by atoms with Crippen LogP contribution >= 0.6 is 23.4 Å². The summed E-state index contributed by atoms with van der Waals surface area (Å²) in [6.45, 7) is 1.09. The molecular weight excluding hydrogens is 518 g/mol. The Hall–Kier alpha value is -3.36. The van der Waals surface area contributed by atoms with E-state index in [9.17, 15) is 4.79 Å². The Balaban J connectivity index is 1.40. The van der Waals surface area contributed by atoms with E-state index in [1.807, 2.05) is 65.3 Å². The van der Waals surface area contributed by atoms with Crippen molar-refractivity contribution >= 4 is 29.3 Å². The average molecular weight is 548 g/mol. The quantitative estimate of drug-likeness (QED) is 0.219. The molecular formula is C29H30ClN5O2S. The third-order valence-electron chi connectivity index (χ3n) is 6.76. The third-order valence-corrected chi connectivity index (χ3v) is 8.06. The molecule has 7 nitrogen and oxygen atoms in total. The summed E-state index contributed by atoms with van der Waals surface area (Å²) in [5.41, 5.74) is 1.71. The summed E-state index contributed by atoms with van der Waals surface area (Å²) in [4.78, 5) is 25.6. The smallest absolute Gasteiger partial charge is 0.233 e. The van der Waals surface area contributed by atoms with Crippen molar-refractivity contribution in [3.05, 3.63) is 78.1 Å². The second-order valence-corrected chi connectivity index (χ2v) is 10.7. The van der Waals surface area contributed by atoms with E-state index >= 15 is 0 Å². The number of amides is 1. The van der Waals surface area contributed by atoms with Gasteiger partial charge in [0.05, 0.1) is 24.4 Å². The first-order valence-corrected chi connectivity index (χ1v) is 14.1. The van der Waals surface area contributed by atoms with Crippen molar-refractivity contribution in [2.24, 2.45) is 0 Å². The number of ether oxygens (including phenoxy) is 1. The monoisotopic (exact) mass is 547 g/mol. The van der Waals surface area contributed by atoms with Crippen LogP contribution in [0.4, 0.5) is 0 Å². The van der Waals surface area contributed by atoms with Gasteiger partial charge in [0.1, 0.15) is 5.75 Å². The number of rotatable bonds is 10. The molecule has 1 aliphatic rings. The molecule has 2 heterocycles. The van der Waals surface area contributed by atoms with E-state index in [2.05, 4.69) is 9.88 Å². The fourth-order valence-electron chi connectivity index (χ4n) is 4.81. The first-order chi connectivity index (χ1) is 18.6. The number of methoxy groups -OCH3 is 1. The minimum Gasteiger partial charge on any atom is -0.495 e. The molecule has 0 N–H and O–H groups in total. The number of benzene rings is 2. The molecule has 0 atom stereocenters. The number of hydrogen-bond acceptors (Lipinski definition) is 6. The maximum atomic E-state index is 13.4. The zero-order valence-electron chi connectivity index (χ0n) is 21.3. The molecule has 0 unspecified atom stereocenters. The van der Waals surface area contributed by atoms with Gasteiger partial charge in [0.15, 0.2) is 11.6 Å². The summed E-state index contributed by atoms with van der Waals surface area (Å²) in [7, 11) is 1.59. The van der Waals surface area contributed by atoms with Gasteiger partial charge in [-0.25, -0.2) is 9.67 Å². The first kappa shape index (κ1) is 26.3. The topological polar surface area (TPSA) is 73.1 Å². The highest BCUT2D eigenvalue weighted by atomic mass is 35.5. The van der Waals surface area contributed by atoms with Gasteiger partial charge in [0.2, 0.25) is 5.91 Å². The van der Waals surface area contributed by atoms with Crippen LogP contribution in [0.15, 0.2) is 78.0 Å². The number of aromatic nitrogens is 4. The fourth-order valence-corrected chi connectivity index (χ4v) is 5.88. The van der Waals surface area contributed by atoms with Gasteiger partial charge in [0, 0.05) is 41.0 Å². The average Bonchev–Trinajstić information content (AvgIpc) is 3.64. The SMILES string of the molecule is COc1ccc(-c2nc(-c3ccncc3)nn2CCN(C(=O)CSc2ccccc2)C2CCCC2)cc1Cl. The summed E-state index contributed by atoms with van der Waals surface area (Å²) < 4.78 is 7.21. The van der Waals surface area contributed by atoms with E-state index in [1.165, 1.54) is 0 Å². The Kier molecular flexibility index (Phi) is 8.61. The van der Waals surface area contributed by atoms with Crippen LogP contribution in [0.2, 0.25) is 5.02 Å². The van der Waals surface area contributed by atoms with Gasteiger partial charge in [-0.1, -0.05) is 42.6 Å². The summed E-state index contributed by atoms with van der Waals surface area (Å²) in [5, 5.41) is 5.35. The van der Waals surface area contributed by atoms with Gasteiger partial charge >= 0.3 is 0 Å². The standard InChI is InChI=1S/C29H30ClN5O2S/c1-37-26-12-11-22(19-25(26)30)29-32-28(21-13-15-31-16-14-21)33-35(29)18-17-34(23-7-5-6-8-23)27(36)20-38-24-9-3-2-4-10-24/h2-4,9-16,19,23H,5-8,17-18,20H2,1H3. The van der Waals surface area contributed by atoms with E-state index in [0.717, 1.165) is 41.7 Å². The Labute approximate surface area is 232 Å². The summed E-state index contributed by atoms with van der Waals surface area (Å²) >= 11 is 8.04. The second kappa shape index (κ2) is 12.5. The van der Waals surface area contributed by atoms with Crippen molar-refractivity contribution in [1.82, 2.24) is 24.6 Å². The van der Waals surface area contributed by atoms with E-state index in [0.29, 0.717) is 41.3 Å². The lowest BCUT2D eigenvalue weighted by atomic mass is 10.2. The minimum absolute atomic E-state index is 0.161. The van der Waals surface area contributed by atoms with Crippen LogP contribution in [0.5, 0.6) is 5.75 Å². The van der Waals surface area contributed by atoms with Crippen LogP contribution in [0, 0.1) is 0 Å². The molecule has 4 aromatic rings. The second-order valence-electron chi connectivity index (χ2n) is 9.19. The lowest BCUT2D eigenvalue weighted by Crippen LogP contribution is -2.42. The largest absolute Gasteiger partial charge is 0.495 e. The molecule has 2 aromatic heterocycles. The van der Waals surface area contributed by atoms with Gasteiger partial charge in [-0.05, 0) is 55.3 Å². The lowest BCUT2D eigenvalue weighted by Gasteiger charge is -2.29. The van der Waals surface area contributed by atoms with Crippen LogP contribution in [0.1, 0.15) is 25.7 Å². The number of nitrogens with zero attached hydrogens (tertiary/aromatic N) is 5. The molecule has 0 spiro atoms. The third kappa shape index (κ3) is 6.19. The Bertz CT molecular complexity index is 1360. The molecule has 1 amide bonds. The molecule has 196 valence electrons. The Morgan fingerprint density at radius 1 is 1.08 bits per heavy atom. The predicted molar refractivity (Wildman–Crippen MR) is 151 cm³/mol. The minimum atomic E-state index is 0.161. The highest BCUT2D eigenvalue weighted by Gasteiger charge is 2.27. The van der Waals surface area contributed by atoms with Crippen molar-refractivity contribution in [1.29, 1.82) is 0 Å². The summed E-state index contributed by atoms with van der Waals surface area (Å²) in [6, 6.07) is 19.7. The Morgan fingerprint density at radius 3 is 2.55 bits per heavy atom. The van der Waals surface area contributed by atoms with Crippen LogP contribution in [0.3, 0.4) is 0 Å². The highest BCUT2D eigenvalue weighted by molar-refractivity contribution is 8.00. The van der Waals surface area contributed by atoms with Gasteiger partial charge < -0.3 is 9.64 Å². The van der Waals surface area contributed by atoms with Crippen LogP contribution in [-0.2, 0) is 11.3 Å². The van der Waals surface area contributed by atoms with E-state index in [1.54, 1.807) is 31.3 Å². The van der Waals surface area contributed by atoms with Crippen LogP contribution < -0.4 is 4.74 Å². The Morgan fingerprint density at radius 2 is 1.84 bits per heavy atom. The van der Waals surface area contributed by atoms with Crippen molar-refractivity contribution in [2.45, 2.75) is 43.2 Å². The van der Waals surface area contributed by atoms with Crippen molar-refractivity contribution < 1.29 is 9.53 Å². The zero-order chi connectivity index (χ0) is 26.3. The highest BCUT2D eigenvalue weighted by Crippen LogP contribution is 2.31. The van der Waals surface area contributed by atoms with Crippen LogP contribution in [0.25, 0.3) is 22.8 Å². The molecule has 0 bridgehead atoms. The molecule has 0 aliphatic heterocycles. The van der Waals surface area contributed by atoms with E-state index < -0.39 is 0 Å². The number of thioether (sulfide) groups is 1. The molecule has 38 heavy (non-hydrogen) atoms. The van der Waals surface area contributed by atoms with Gasteiger partial charge in [-0.2, -0.15) is 5.10 Å². The molecule has 0 saturated heterocycles. The lowest BCUT2D eigenvalue weighted by molar-refractivity contribution is -0.130. The molecule has 0 radical (unpaired) electrons. The normalized spacial score (nSPS) is 13.5. The van der Waals surface area contributed by atoms with Crippen molar-refractivity contribution in [2.75, 3.05) is 19.4 Å². The fraction of sp³-hybridized carbons (Fsp3) is 0.310. The zero-order valence-corrected chi connectivity index (χ0v) is 22.9. The van der Waals surface area contributed by atoms with Gasteiger partial charge in [-0.15, -0.1) is 11.8 Å². The van der Waals surface area contributed by atoms with E-state index in [4.69, 9.17) is 26.4 Å². The molecule has 1 fully saturated rings. The molecule has 2 aromatic carbocycles. The molecule has 5 rings (SSSR count). The predicted octanol–water partition coefficient (Wildman–Crippen LogP) is 6.23. The van der Waals surface area contributed by atoms with Crippen molar-refractivity contribution in [3.63, 3.8) is 0 Å². The van der Waals surface area contributed by atoms with Crippen molar-refractivity contribution in [3.8, 4) is 28.5 Å². The number of carbonyl (C=O) groups excluding carboxylic acids is 1. The molecule has 9 heteroatoms. The van der Waals surface area contributed by atoms with Gasteiger partial charge in [0.25, 0.3) is 0 Å². The number of pyridine rings is 1. The number of hydrogen-bond donors (Lipinski definition) is 0. The van der Waals surface area contributed by atoms with Crippen LogP contribution in [-0.4, -0.2) is 56.0 Å². The summed E-state index contributed by atoms with van der Waals surface area (Å²) in [6.07, 6.45) is 7.86. The van der Waals surface area contributed by atoms with E-state index in [-0.39, 0.29) is 11.9 Å². The summed E-state index contributed by atoms with van der Waals surface area (Å²) in [5.74, 6) is 2.48. The first-order valence-electron chi connectivity index (χ1n) is 12.8. The molecule has 1 aliphatic carbocycles. The number of carbonyl (C=O) groups is 1. The number of halogens is 1.